The largest absolute Gasteiger partial charge is 0.465 e. The van der Waals surface area contributed by atoms with Crippen molar-refractivity contribution in [1.82, 2.24) is 0 Å². The molecule has 1 aromatic carbocycles. The van der Waals surface area contributed by atoms with E-state index in [0.717, 1.165) is 24.8 Å². The average molecular weight is 302 g/mol. The van der Waals surface area contributed by atoms with Gasteiger partial charge in [0.1, 0.15) is 6.10 Å². The van der Waals surface area contributed by atoms with Crippen molar-refractivity contribution in [1.29, 1.82) is 0 Å². The van der Waals surface area contributed by atoms with Crippen molar-refractivity contribution in [2.45, 2.75) is 52.6 Å². The summed E-state index contributed by atoms with van der Waals surface area (Å²) in [5.41, 5.74) is 0.471. The Kier molecular flexibility index (Phi) is 7.70. The van der Waals surface area contributed by atoms with Crippen LogP contribution < -0.4 is 0 Å². The highest BCUT2D eigenvalue weighted by Crippen LogP contribution is 2.15. The zero-order valence-electron chi connectivity index (χ0n) is 13.8. The first-order valence-corrected chi connectivity index (χ1v) is 7.81. The standard InChI is InChI=1S/C19H26O3/c1-19(2,3)18(21)22-15-9-5-8-12-17(20)14-13-16-10-6-4-7-11-16/h4,6-7,10-11,17,20H,5,8-9,12,15H2,1-3H3/t17-/m0/s1. The molecule has 3 nitrogen and oxygen atoms in total. The van der Waals surface area contributed by atoms with Crippen molar-refractivity contribution in [3.63, 3.8) is 0 Å². The number of hydrogen-bond donors (Lipinski definition) is 1. The van der Waals surface area contributed by atoms with Crippen LogP contribution in [0.2, 0.25) is 0 Å². The van der Waals surface area contributed by atoms with Gasteiger partial charge in [0.25, 0.3) is 0 Å². The van der Waals surface area contributed by atoms with Gasteiger partial charge in [0.2, 0.25) is 0 Å². The van der Waals surface area contributed by atoms with Gasteiger partial charge in [-0.05, 0) is 58.6 Å². The summed E-state index contributed by atoms with van der Waals surface area (Å²) >= 11 is 0. The van der Waals surface area contributed by atoms with Crippen LogP contribution in [0.5, 0.6) is 0 Å². The first kappa shape index (κ1) is 18.3. The molecule has 0 radical (unpaired) electrons. The molecule has 0 bridgehead atoms. The second-order valence-electron chi connectivity index (χ2n) is 6.39. The van der Waals surface area contributed by atoms with Gasteiger partial charge in [0.05, 0.1) is 12.0 Å². The van der Waals surface area contributed by atoms with Crippen molar-refractivity contribution < 1.29 is 14.6 Å². The molecule has 0 aliphatic carbocycles. The fraction of sp³-hybridized carbons (Fsp3) is 0.526. The molecule has 0 unspecified atom stereocenters. The van der Waals surface area contributed by atoms with Crippen LogP contribution in [-0.2, 0) is 9.53 Å². The van der Waals surface area contributed by atoms with E-state index in [1.165, 1.54) is 0 Å². The Balaban J connectivity index is 2.12. The summed E-state index contributed by atoms with van der Waals surface area (Å²) < 4.78 is 5.19. The Morgan fingerprint density at radius 1 is 1.18 bits per heavy atom. The van der Waals surface area contributed by atoms with E-state index in [9.17, 15) is 9.90 Å². The molecule has 0 aliphatic heterocycles. The monoisotopic (exact) mass is 302 g/mol. The van der Waals surface area contributed by atoms with E-state index in [4.69, 9.17) is 4.74 Å². The molecule has 0 heterocycles. The van der Waals surface area contributed by atoms with Gasteiger partial charge in [0.15, 0.2) is 0 Å². The molecule has 1 rings (SSSR count). The molecule has 0 aromatic heterocycles. The second-order valence-corrected chi connectivity index (χ2v) is 6.39. The number of aliphatic hydroxyl groups is 1. The lowest BCUT2D eigenvalue weighted by Gasteiger charge is -2.16. The second kappa shape index (κ2) is 9.27. The van der Waals surface area contributed by atoms with E-state index >= 15 is 0 Å². The third kappa shape index (κ3) is 7.85. The summed E-state index contributed by atoms with van der Waals surface area (Å²) in [6.45, 7) is 5.98. The van der Waals surface area contributed by atoms with Crippen LogP contribution in [0.1, 0.15) is 52.0 Å². The molecule has 3 heteroatoms. The van der Waals surface area contributed by atoms with Gasteiger partial charge < -0.3 is 9.84 Å². The summed E-state index contributed by atoms with van der Waals surface area (Å²) in [6, 6.07) is 9.63. The zero-order chi connectivity index (χ0) is 16.4. The summed E-state index contributed by atoms with van der Waals surface area (Å²) in [5, 5.41) is 9.80. The van der Waals surface area contributed by atoms with Crippen LogP contribution in [-0.4, -0.2) is 23.8 Å². The van der Waals surface area contributed by atoms with Gasteiger partial charge in [-0.25, -0.2) is 0 Å². The number of esters is 1. The molecule has 0 saturated heterocycles. The minimum Gasteiger partial charge on any atom is -0.465 e. The van der Waals surface area contributed by atoms with Gasteiger partial charge in [-0.15, -0.1) is 0 Å². The molecule has 0 amide bonds. The number of hydrogen-bond acceptors (Lipinski definition) is 3. The molecule has 1 atom stereocenters. The topological polar surface area (TPSA) is 46.5 Å². The normalized spacial score (nSPS) is 12.2. The first-order chi connectivity index (χ1) is 10.4. The maximum Gasteiger partial charge on any atom is 0.311 e. The average Bonchev–Trinajstić information content (AvgIpc) is 2.48. The van der Waals surface area contributed by atoms with E-state index in [1.807, 2.05) is 51.1 Å². The van der Waals surface area contributed by atoms with Gasteiger partial charge in [-0.3, -0.25) is 4.79 Å². The fourth-order valence-electron chi connectivity index (χ4n) is 1.76. The quantitative estimate of drug-likeness (QED) is 0.496. The number of aliphatic hydroxyl groups excluding tert-OH is 1. The molecule has 0 fully saturated rings. The lowest BCUT2D eigenvalue weighted by atomic mass is 9.97. The highest BCUT2D eigenvalue weighted by molar-refractivity contribution is 5.75. The minimum atomic E-state index is -0.600. The predicted octanol–water partition coefficient (Wildman–Crippen LogP) is 3.55. The van der Waals surface area contributed by atoms with Gasteiger partial charge in [-0.2, -0.15) is 0 Å². The SMILES string of the molecule is CC(C)(C)C(=O)OCCCCC[C@H](O)C#Cc1ccccc1. The summed E-state index contributed by atoms with van der Waals surface area (Å²) in [6.07, 6.45) is 2.66. The molecule has 1 aromatic rings. The summed E-state index contributed by atoms with van der Waals surface area (Å²) in [7, 11) is 0. The molecule has 0 saturated carbocycles. The van der Waals surface area contributed by atoms with Gasteiger partial charge >= 0.3 is 5.97 Å². The lowest BCUT2D eigenvalue weighted by Crippen LogP contribution is -2.23. The zero-order valence-corrected chi connectivity index (χ0v) is 13.8. The van der Waals surface area contributed by atoms with E-state index < -0.39 is 11.5 Å². The molecule has 120 valence electrons. The molecule has 1 N–H and O–H groups in total. The van der Waals surface area contributed by atoms with Crippen LogP contribution in [0.25, 0.3) is 0 Å². The lowest BCUT2D eigenvalue weighted by molar-refractivity contribution is -0.153. The van der Waals surface area contributed by atoms with Crippen molar-refractivity contribution >= 4 is 5.97 Å². The third-order valence-corrected chi connectivity index (χ3v) is 3.12. The van der Waals surface area contributed by atoms with Crippen molar-refractivity contribution in [2.24, 2.45) is 5.41 Å². The van der Waals surface area contributed by atoms with Crippen LogP contribution in [0.3, 0.4) is 0 Å². The molecular weight excluding hydrogens is 276 g/mol. The molecule has 22 heavy (non-hydrogen) atoms. The van der Waals surface area contributed by atoms with Crippen molar-refractivity contribution in [3.05, 3.63) is 35.9 Å². The highest BCUT2D eigenvalue weighted by Gasteiger charge is 2.22. The van der Waals surface area contributed by atoms with Crippen LogP contribution in [0, 0.1) is 17.3 Å². The van der Waals surface area contributed by atoms with E-state index in [2.05, 4.69) is 11.8 Å². The fourth-order valence-corrected chi connectivity index (χ4v) is 1.76. The number of ether oxygens (including phenoxy) is 1. The predicted molar refractivity (Wildman–Crippen MR) is 88.2 cm³/mol. The Morgan fingerprint density at radius 2 is 1.86 bits per heavy atom. The third-order valence-electron chi connectivity index (χ3n) is 3.12. The maximum absolute atomic E-state index is 11.5. The molecular formula is C19H26O3. The van der Waals surface area contributed by atoms with Crippen LogP contribution in [0.4, 0.5) is 0 Å². The Hall–Kier alpha value is -1.79. The number of unbranched alkanes of at least 4 members (excludes halogenated alkanes) is 2. The van der Waals surface area contributed by atoms with Crippen LogP contribution in [0.15, 0.2) is 30.3 Å². The number of carbonyl (C=O) groups excluding carboxylic acids is 1. The maximum atomic E-state index is 11.5. The Labute approximate surface area is 133 Å². The summed E-state index contributed by atoms with van der Waals surface area (Å²) in [4.78, 5) is 11.5. The van der Waals surface area contributed by atoms with E-state index in [1.54, 1.807) is 0 Å². The number of benzene rings is 1. The van der Waals surface area contributed by atoms with Gasteiger partial charge in [-0.1, -0.05) is 30.0 Å². The van der Waals surface area contributed by atoms with Gasteiger partial charge in [0, 0.05) is 5.56 Å². The minimum absolute atomic E-state index is 0.165. The first-order valence-electron chi connectivity index (χ1n) is 7.81. The smallest absolute Gasteiger partial charge is 0.311 e. The Bertz CT molecular complexity index is 503. The number of rotatable bonds is 6. The highest BCUT2D eigenvalue weighted by atomic mass is 16.5. The Morgan fingerprint density at radius 3 is 2.50 bits per heavy atom. The van der Waals surface area contributed by atoms with E-state index in [-0.39, 0.29) is 5.97 Å². The molecule has 0 spiro atoms. The van der Waals surface area contributed by atoms with Crippen LogP contribution >= 0.6 is 0 Å². The molecule has 0 aliphatic rings. The van der Waals surface area contributed by atoms with Crippen molar-refractivity contribution in [2.75, 3.05) is 6.61 Å². The summed E-state index contributed by atoms with van der Waals surface area (Å²) in [5.74, 6) is 5.64. The van der Waals surface area contributed by atoms with Crippen molar-refractivity contribution in [3.8, 4) is 11.8 Å². The van der Waals surface area contributed by atoms with E-state index in [0.29, 0.717) is 13.0 Å². The number of carbonyl (C=O) groups is 1.